The molecule has 1 aromatic carbocycles. The Hall–Kier alpha value is -1.94. The first-order valence-electron chi connectivity index (χ1n) is 7.00. The van der Waals surface area contributed by atoms with Gasteiger partial charge in [0.25, 0.3) is 0 Å². The largest absolute Gasteiger partial charge is 0.481 e. The molecule has 0 bridgehead atoms. The number of aliphatic carboxylic acids is 1. The Morgan fingerprint density at radius 2 is 2.25 bits per heavy atom. The van der Waals surface area contributed by atoms with E-state index in [2.05, 4.69) is 28.1 Å². The fraction of sp³-hybridized carbons (Fsp3) is 0.375. The Morgan fingerprint density at radius 3 is 3.10 bits per heavy atom. The van der Waals surface area contributed by atoms with Crippen molar-refractivity contribution in [2.75, 3.05) is 13.1 Å². The summed E-state index contributed by atoms with van der Waals surface area (Å²) >= 11 is 0. The molecule has 0 amide bonds. The second-order valence-corrected chi connectivity index (χ2v) is 5.47. The number of aromatic nitrogens is 1. The van der Waals surface area contributed by atoms with Crippen LogP contribution in [0.15, 0.2) is 36.7 Å². The molecule has 0 saturated carbocycles. The van der Waals surface area contributed by atoms with Gasteiger partial charge in [-0.05, 0) is 42.5 Å². The van der Waals surface area contributed by atoms with Crippen LogP contribution in [0.5, 0.6) is 0 Å². The van der Waals surface area contributed by atoms with Gasteiger partial charge in [0, 0.05) is 30.9 Å². The first-order valence-corrected chi connectivity index (χ1v) is 7.00. The van der Waals surface area contributed by atoms with E-state index in [1.807, 2.05) is 12.3 Å². The molecule has 1 N–H and O–H groups in total. The van der Waals surface area contributed by atoms with Gasteiger partial charge in [0.15, 0.2) is 0 Å². The first kappa shape index (κ1) is 13.1. The highest BCUT2D eigenvalue weighted by molar-refractivity contribution is 5.82. The summed E-state index contributed by atoms with van der Waals surface area (Å²) in [5.74, 6) is -0.882. The normalized spacial score (nSPS) is 20.1. The molecule has 1 aliphatic heterocycles. The Balaban J connectivity index is 1.74. The van der Waals surface area contributed by atoms with E-state index in [9.17, 15) is 4.79 Å². The molecule has 1 unspecified atom stereocenters. The van der Waals surface area contributed by atoms with Crippen LogP contribution in [0.2, 0.25) is 0 Å². The highest BCUT2D eigenvalue weighted by atomic mass is 16.4. The quantitative estimate of drug-likeness (QED) is 0.931. The van der Waals surface area contributed by atoms with Crippen LogP contribution in [0, 0.1) is 5.92 Å². The van der Waals surface area contributed by atoms with Crippen LogP contribution < -0.4 is 0 Å². The summed E-state index contributed by atoms with van der Waals surface area (Å²) in [7, 11) is 0. The van der Waals surface area contributed by atoms with Crippen LogP contribution in [-0.2, 0) is 11.3 Å². The van der Waals surface area contributed by atoms with Crippen molar-refractivity contribution in [3.05, 3.63) is 42.2 Å². The third-order valence-corrected chi connectivity index (χ3v) is 3.97. The van der Waals surface area contributed by atoms with E-state index in [1.54, 1.807) is 6.20 Å². The third kappa shape index (κ3) is 2.80. The van der Waals surface area contributed by atoms with Gasteiger partial charge in [-0.3, -0.25) is 14.7 Å². The molecule has 4 nitrogen and oxygen atoms in total. The van der Waals surface area contributed by atoms with Crippen molar-refractivity contribution < 1.29 is 9.90 Å². The lowest BCUT2D eigenvalue weighted by atomic mass is 9.97. The molecular weight excluding hydrogens is 252 g/mol. The van der Waals surface area contributed by atoms with Crippen molar-refractivity contribution in [2.24, 2.45) is 5.92 Å². The second kappa shape index (κ2) is 5.59. The second-order valence-electron chi connectivity index (χ2n) is 5.47. The molecule has 0 aliphatic carbocycles. The monoisotopic (exact) mass is 270 g/mol. The standard InChI is InChI=1S/C16H18N2O2/c19-16(20)15-2-1-7-18(11-15)10-12-3-4-14-9-17-6-5-13(14)8-12/h3-6,8-9,15H,1-2,7,10-11H2,(H,19,20). The van der Waals surface area contributed by atoms with Gasteiger partial charge in [0.05, 0.1) is 5.92 Å². The van der Waals surface area contributed by atoms with E-state index in [0.717, 1.165) is 31.3 Å². The van der Waals surface area contributed by atoms with Crippen LogP contribution >= 0.6 is 0 Å². The Morgan fingerprint density at radius 1 is 1.35 bits per heavy atom. The Bertz CT molecular complexity index is 627. The van der Waals surface area contributed by atoms with Crippen molar-refractivity contribution in [3.63, 3.8) is 0 Å². The maximum Gasteiger partial charge on any atom is 0.307 e. The summed E-state index contributed by atoms with van der Waals surface area (Å²) < 4.78 is 0. The van der Waals surface area contributed by atoms with E-state index in [4.69, 9.17) is 5.11 Å². The number of carbonyl (C=O) groups is 1. The van der Waals surface area contributed by atoms with Crippen molar-refractivity contribution in [1.29, 1.82) is 0 Å². The minimum absolute atomic E-state index is 0.214. The van der Waals surface area contributed by atoms with Crippen LogP contribution in [0.25, 0.3) is 10.8 Å². The van der Waals surface area contributed by atoms with E-state index in [0.29, 0.717) is 6.54 Å². The van der Waals surface area contributed by atoms with E-state index in [1.165, 1.54) is 10.9 Å². The lowest BCUT2D eigenvalue weighted by molar-refractivity contribution is -0.143. The van der Waals surface area contributed by atoms with Gasteiger partial charge in [-0.15, -0.1) is 0 Å². The number of carboxylic acid groups (broad SMARTS) is 1. The smallest absolute Gasteiger partial charge is 0.307 e. The van der Waals surface area contributed by atoms with E-state index >= 15 is 0 Å². The summed E-state index contributed by atoms with van der Waals surface area (Å²) in [6, 6.07) is 8.36. The lowest BCUT2D eigenvalue weighted by Crippen LogP contribution is -2.38. The number of benzene rings is 1. The van der Waals surface area contributed by atoms with Crippen molar-refractivity contribution in [3.8, 4) is 0 Å². The van der Waals surface area contributed by atoms with E-state index < -0.39 is 5.97 Å². The molecule has 104 valence electrons. The summed E-state index contributed by atoms with van der Waals surface area (Å²) in [6.07, 6.45) is 5.43. The molecule has 1 aromatic heterocycles. The average molecular weight is 270 g/mol. The molecule has 1 aliphatic rings. The Labute approximate surface area is 118 Å². The molecule has 0 radical (unpaired) electrons. The third-order valence-electron chi connectivity index (χ3n) is 3.97. The van der Waals surface area contributed by atoms with Gasteiger partial charge in [0.1, 0.15) is 0 Å². The minimum Gasteiger partial charge on any atom is -0.481 e. The number of hydrogen-bond donors (Lipinski definition) is 1. The first-order chi connectivity index (χ1) is 9.72. The molecule has 2 aromatic rings. The number of hydrogen-bond acceptors (Lipinski definition) is 3. The number of piperidine rings is 1. The summed E-state index contributed by atoms with van der Waals surface area (Å²) in [5.41, 5.74) is 1.23. The molecular formula is C16H18N2O2. The van der Waals surface area contributed by atoms with Gasteiger partial charge in [0.2, 0.25) is 0 Å². The average Bonchev–Trinajstić information content (AvgIpc) is 2.47. The summed E-state index contributed by atoms with van der Waals surface area (Å²) in [5, 5.41) is 11.5. The number of carboxylic acids is 1. The van der Waals surface area contributed by atoms with Crippen molar-refractivity contribution in [2.45, 2.75) is 19.4 Å². The SMILES string of the molecule is O=C(O)C1CCCN(Cc2ccc3cnccc3c2)C1. The van der Waals surface area contributed by atoms with Crippen LogP contribution in [-0.4, -0.2) is 34.0 Å². The van der Waals surface area contributed by atoms with E-state index in [-0.39, 0.29) is 5.92 Å². The number of rotatable bonds is 3. The molecule has 1 atom stereocenters. The van der Waals surface area contributed by atoms with Crippen LogP contribution in [0.3, 0.4) is 0 Å². The molecule has 3 rings (SSSR count). The Kier molecular flexibility index (Phi) is 3.65. The topological polar surface area (TPSA) is 53.4 Å². The van der Waals surface area contributed by atoms with Gasteiger partial charge < -0.3 is 5.11 Å². The lowest BCUT2D eigenvalue weighted by Gasteiger charge is -2.30. The van der Waals surface area contributed by atoms with Gasteiger partial charge in [-0.1, -0.05) is 12.1 Å². The predicted octanol–water partition coefficient (Wildman–Crippen LogP) is 2.53. The summed E-state index contributed by atoms with van der Waals surface area (Å²) in [6.45, 7) is 2.46. The predicted molar refractivity (Wildman–Crippen MR) is 77.4 cm³/mol. The minimum atomic E-state index is -0.667. The van der Waals surface area contributed by atoms with Crippen LogP contribution in [0.1, 0.15) is 18.4 Å². The molecule has 1 fully saturated rings. The zero-order valence-corrected chi connectivity index (χ0v) is 11.3. The zero-order chi connectivity index (χ0) is 13.9. The number of fused-ring (bicyclic) bond motifs is 1. The van der Waals surface area contributed by atoms with Gasteiger partial charge >= 0.3 is 5.97 Å². The number of nitrogens with zero attached hydrogens (tertiary/aromatic N) is 2. The fourth-order valence-corrected chi connectivity index (χ4v) is 2.89. The molecule has 2 heterocycles. The van der Waals surface area contributed by atoms with Gasteiger partial charge in [-0.25, -0.2) is 0 Å². The number of pyridine rings is 1. The number of likely N-dealkylation sites (tertiary alicyclic amines) is 1. The fourth-order valence-electron chi connectivity index (χ4n) is 2.89. The highest BCUT2D eigenvalue weighted by Gasteiger charge is 2.25. The van der Waals surface area contributed by atoms with Gasteiger partial charge in [-0.2, -0.15) is 0 Å². The molecule has 1 saturated heterocycles. The van der Waals surface area contributed by atoms with Crippen molar-refractivity contribution >= 4 is 16.7 Å². The highest BCUT2D eigenvalue weighted by Crippen LogP contribution is 2.20. The van der Waals surface area contributed by atoms with Crippen molar-refractivity contribution in [1.82, 2.24) is 9.88 Å². The van der Waals surface area contributed by atoms with Crippen LogP contribution in [0.4, 0.5) is 0 Å². The maximum absolute atomic E-state index is 11.1. The molecule has 20 heavy (non-hydrogen) atoms. The molecule has 0 spiro atoms. The zero-order valence-electron chi connectivity index (χ0n) is 11.3. The molecule has 4 heteroatoms. The summed E-state index contributed by atoms with van der Waals surface area (Å²) in [4.78, 5) is 17.4. The maximum atomic E-state index is 11.1.